The molecule has 4 heteroatoms. The molecule has 0 aromatic rings. The molecule has 0 aromatic heterocycles. The molecule has 0 aromatic carbocycles. The van der Waals surface area contributed by atoms with E-state index in [0.29, 0.717) is 0 Å². The summed E-state index contributed by atoms with van der Waals surface area (Å²) in [5, 5.41) is 4.07. The summed E-state index contributed by atoms with van der Waals surface area (Å²) in [6.45, 7) is 0. The van der Waals surface area contributed by atoms with E-state index < -0.39 is 0 Å². The molecule has 2 aliphatic rings. The lowest BCUT2D eigenvalue weighted by Gasteiger charge is -1.99. The summed E-state index contributed by atoms with van der Waals surface area (Å²) >= 11 is 2.27. The second-order valence-corrected chi connectivity index (χ2v) is 3.51. The van der Waals surface area contributed by atoms with Crippen LogP contribution in [0.4, 0.5) is 0 Å². The molecule has 0 spiro atoms. The van der Waals surface area contributed by atoms with Crippen LogP contribution in [0.15, 0.2) is 18.6 Å². The molecular weight excluding hydrogens is 253 g/mol. The van der Waals surface area contributed by atoms with Gasteiger partial charge in [-0.1, -0.05) is 0 Å². The fourth-order valence-corrected chi connectivity index (χ4v) is 1.54. The molecular formula is C7H6IN3. The average Bonchev–Trinajstić information content (AvgIpc) is 2.33. The van der Waals surface area contributed by atoms with E-state index >= 15 is 0 Å². The Hall–Kier alpha value is -0.650. The Labute approximate surface area is 77.9 Å². The Kier molecular flexibility index (Phi) is 1.56. The zero-order chi connectivity index (χ0) is 7.84. The second kappa shape index (κ2) is 2.44. The SMILES string of the molecule is Cn1cc2c(I)cnc-2cn1. The third-order valence-electron chi connectivity index (χ3n) is 1.53. The largest absolute Gasteiger partial charge is 0.275 e. The summed E-state index contributed by atoms with van der Waals surface area (Å²) in [4.78, 5) is 4.18. The van der Waals surface area contributed by atoms with Gasteiger partial charge in [-0.2, -0.15) is 5.10 Å². The maximum absolute atomic E-state index is 4.18. The van der Waals surface area contributed by atoms with Gasteiger partial charge in [-0.15, -0.1) is 0 Å². The van der Waals surface area contributed by atoms with Crippen molar-refractivity contribution in [2.45, 2.75) is 0 Å². The minimum absolute atomic E-state index is 0.965. The molecule has 2 rings (SSSR count). The van der Waals surface area contributed by atoms with Gasteiger partial charge in [-0.3, -0.25) is 9.67 Å². The predicted octanol–water partition coefficient (Wildman–Crippen LogP) is 1.52. The molecule has 0 N–H and O–H groups in total. The van der Waals surface area contributed by atoms with Crippen LogP contribution < -0.4 is 0 Å². The molecule has 0 aliphatic carbocycles. The first-order valence-corrected chi connectivity index (χ1v) is 4.28. The molecule has 0 radical (unpaired) electrons. The van der Waals surface area contributed by atoms with Gasteiger partial charge in [0.05, 0.1) is 11.9 Å². The van der Waals surface area contributed by atoms with Gasteiger partial charge in [-0.05, 0) is 22.6 Å². The van der Waals surface area contributed by atoms with Crippen molar-refractivity contribution in [1.82, 2.24) is 14.8 Å². The van der Waals surface area contributed by atoms with E-state index in [0.717, 1.165) is 5.69 Å². The Balaban J connectivity index is 2.76. The number of hydrogen-bond acceptors (Lipinski definition) is 2. The second-order valence-electron chi connectivity index (χ2n) is 2.35. The number of aromatic nitrogens is 3. The summed E-state index contributed by atoms with van der Waals surface area (Å²) in [5.74, 6) is 0. The molecule has 0 atom stereocenters. The van der Waals surface area contributed by atoms with Crippen LogP contribution in [-0.2, 0) is 7.05 Å². The maximum atomic E-state index is 4.18. The van der Waals surface area contributed by atoms with Crippen molar-refractivity contribution in [3.8, 4) is 11.3 Å². The minimum Gasteiger partial charge on any atom is -0.275 e. The number of nitrogens with zero attached hydrogens (tertiary/aromatic N) is 3. The highest BCUT2D eigenvalue weighted by Gasteiger charge is 2.08. The summed E-state index contributed by atoms with van der Waals surface area (Å²) in [6, 6.07) is 0. The fraction of sp³-hybridized carbons (Fsp3) is 0.143. The van der Waals surface area contributed by atoms with Gasteiger partial charge in [0.15, 0.2) is 0 Å². The molecule has 0 saturated heterocycles. The van der Waals surface area contributed by atoms with Crippen LogP contribution in [0.2, 0.25) is 0 Å². The number of halogens is 1. The molecule has 0 unspecified atom stereocenters. The van der Waals surface area contributed by atoms with Gasteiger partial charge in [0.25, 0.3) is 0 Å². The van der Waals surface area contributed by atoms with Crippen LogP contribution in [0.1, 0.15) is 0 Å². The summed E-state index contributed by atoms with van der Waals surface area (Å²) in [5.41, 5.74) is 2.13. The van der Waals surface area contributed by atoms with E-state index in [1.54, 1.807) is 10.9 Å². The van der Waals surface area contributed by atoms with Crippen LogP contribution in [0.5, 0.6) is 0 Å². The van der Waals surface area contributed by atoms with Crippen molar-refractivity contribution < 1.29 is 0 Å². The van der Waals surface area contributed by atoms with E-state index in [1.807, 2.05) is 19.4 Å². The molecule has 0 fully saturated rings. The van der Waals surface area contributed by atoms with Crippen LogP contribution >= 0.6 is 22.6 Å². The lowest BCUT2D eigenvalue weighted by molar-refractivity contribution is 0.738. The third-order valence-corrected chi connectivity index (χ3v) is 2.39. The van der Waals surface area contributed by atoms with Crippen LogP contribution in [0.3, 0.4) is 0 Å². The van der Waals surface area contributed by atoms with E-state index in [9.17, 15) is 0 Å². The zero-order valence-corrected chi connectivity index (χ0v) is 8.11. The Bertz CT molecular complexity index is 355. The fourth-order valence-electron chi connectivity index (χ4n) is 0.984. The maximum Gasteiger partial charge on any atom is 0.0929 e. The van der Waals surface area contributed by atoms with Gasteiger partial charge in [0.1, 0.15) is 0 Å². The Morgan fingerprint density at radius 2 is 2.27 bits per heavy atom. The first kappa shape index (κ1) is 7.02. The van der Waals surface area contributed by atoms with Gasteiger partial charge >= 0.3 is 0 Å². The van der Waals surface area contributed by atoms with Crippen molar-refractivity contribution in [2.24, 2.45) is 7.05 Å². The number of fused-ring (bicyclic) bond motifs is 1. The minimum atomic E-state index is 0.965. The molecule has 0 amide bonds. The molecule has 11 heavy (non-hydrogen) atoms. The number of hydrogen-bond donors (Lipinski definition) is 0. The molecule has 56 valence electrons. The molecule has 2 aliphatic heterocycles. The van der Waals surface area contributed by atoms with E-state index in [2.05, 4.69) is 32.7 Å². The Morgan fingerprint density at radius 1 is 1.45 bits per heavy atom. The van der Waals surface area contributed by atoms with Gasteiger partial charge in [0.2, 0.25) is 0 Å². The summed E-state index contributed by atoms with van der Waals surface area (Å²) < 4.78 is 2.96. The molecule has 3 nitrogen and oxygen atoms in total. The average molecular weight is 259 g/mol. The molecule has 0 bridgehead atoms. The van der Waals surface area contributed by atoms with Crippen molar-refractivity contribution >= 4 is 22.6 Å². The normalized spacial score (nSPS) is 10.7. The highest BCUT2D eigenvalue weighted by molar-refractivity contribution is 14.1. The van der Waals surface area contributed by atoms with Crippen molar-refractivity contribution in [2.75, 3.05) is 0 Å². The van der Waals surface area contributed by atoms with E-state index in [-0.39, 0.29) is 0 Å². The van der Waals surface area contributed by atoms with E-state index in [4.69, 9.17) is 0 Å². The lowest BCUT2D eigenvalue weighted by atomic mass is 10.3. The summed E-state index contributed by atoms with van der Waals surface area (Å²) in [7, 11) is 1.91. The third kappa shape index (κ3) is 1.11. The molecule has 0 saturated carbocycles. The number of rotatable bonds is 0. The Morgan fingerprint density at radius 3 is 3.09 bits per heavy atom. The number of aryl methyl sites for hydroxylation is 1. The first-order valence-electron chi connectivity index (χ1n) is 3.20. The van der Waals surface area contributed by atoms with Gasteiger partial charge in [0, 0.05) is 28.6 Å². The van der Waals surface area contributed by atoms with Crippen molar-refractivity contribution in [3.63, 3.8) is 0 Å². The molecule has 2 heterocycles. The van der Waals surface area contributed by atoms with Gasteiger partial charge in [-0.25, -0.2) is 0 Å². The van der Waals surface area contributed by atoms with Crippen LogP contribution in [-0.4, -0.2) is 14.8 Å². The quantitative estimate of drug-likeness (QED) is 0.671. The highest BCUT2D eigenvalue weighted by atomic mass is 127. The topological polar surface area (TPSA) is 30.7 Å². The van der Waals surface area contributed by atoms with Crippen LogP contribution in [0.25, 0.3) is 11.3 Å². The monoisotopic (exact) mass is 259 g/mol. The smallest absolute Gasteiger partial charge is 0.0929 e. The predicted molar refractivity (Wildman–Crippen MR) is 50.3 cm³/mol. The summed E-state index contributed by atoms with van der Waals surface area (Å²) in [6.07, 6.45) is 5.61. The zero-order valence-electron chi connectivity index (χ0n) is 5.95. The van der Waals surface area contributed by atoms with Crippen LogP contribution in [0, 0.1) is 3.57 Å². The first-order chi connectivity index (χ1) is 5.27. The van der Waals surface area contributed by atoms with Crippen molar-refractivity contribution in [3.05, 3.63) is 22.2 Å². The van der Waals surface area contributed by atoms with Crippen molar-refractivity contribution in [1.29, 1.82) is 0 Å². The van der Waals surface area contributed by atoms with E-state index in [1.165, 1.54) is 9.13 Å². The van der Waals surface area contributed by atoms with Gasteiger partial charge < -0.3 is 0 Å². The standard InChI is InChI=1S/C7H6IN3/c1-11-4-5-6(8)2-9-7(5)3-10-11/h2-4H,1H3. The lowest BCUT2D eigenvalue weighted by Crippen LogP contribution is -1.96. The highest BCUT2D eigenvalue weighted by Crippen LogP contribution is 2.24.